The maximum atomic E-state index is 12.9. The molecule has 0 unspecified atom stereocenters. The lowest BCUT2D eigenvalue weighted by molar-refractivity contribution is -0.132. The molecule has 6 nitrogen and oxygen atoms in total. The molecule has 3 aromatic rings. The van der Waals surface area contributed by atoms with Crippen molar-refractivity contribution in [3.05, 3.63) is 71.9 Å². The number of nitrogens with one attached hydrogen (secondary N) is 1. The quantitative estimate of drug-likeness (QED) is 0.337. The highest BCUT2D eigenvalue weighted by molar-refractivity contribution is 6.45. The minimum Gasteiger partial charge on any atom is -0.349 e. The van der Waals surface area contributed by atoms with Gasteiger partial charge in [-0.3, -0.25) is 14.4 Å². The fourth-order valence-electron chi connectivity index (χ4n) is 4.29. The molecule has 4 rings (SSSR count). The number of aromatic nitrogens is 1. The Morgan fingerprint density at radius 2 is 1.59 bits per heavy atom. The molecule has 1 fully saturated rings. The lowest BCUT2D eigenvalue weighted by atomic mass is 10.1. The first-order chi connectivity index (χ1) is 15.6. The van der Waals surface area contributed by atoms with Crippen LogP contribution in [0.15, 0.2) is 60.8 Å². The number of para-hydroxylation sites is 1. The zero-order valence-electron chi connectivity index (χ0n) is 18.3. The van der Waals surface area contributed by atoms with Gasteiger partial charge in [-0.15, -0.1) is 0 Å². The first-order valence-electron chi connectivity index (χ1n) is 11.4. The molecule has 0 radical (unpaired) electrons. The summed E-state index contributed by atoms with van der Waals surface area (Å²) < 4.78 is 1.79. The molecule has 0 spiro atoms. The summed E-state index contributed by atoms with van der Waals surface area (Å²) in [5.41, 5.74) is 2.33. The van der Waals surface area contributed by atoms with Crippen LogP contribution >= 0.6 is 0 Å². The Labute approximate surface area is 188 Å². The molecule has 0 aliphatic carbocycles. The number of piperidine rings is 1. The van der Waals surface area contributed by atoms with Crippen molar-refractivity contribution in [3.8, 4) is 0 Å². The second-order valence-electron chi connectivity index (χ2n) is 8.30. The fraction of sp³-hybridized carbons (Fsp3) is 0.346. The molecular weight excluding hydrogens is 402 g/mol. The molecule has 1 aliphatic rings. The summed E-state index contributed by atoms with van der Waals surface area (Å²) in [5.74, 6) is -1.12. The number of rotatable bonds is 8. The third-order valence-corrected chi connectivity index (χ3v) is 6.02. The van der Waals surface area contributed by atoms with Gasteiger partial charge in [-0.1, -0.05) is 48.5 Å². The molecule has 0 atom stereocenters. The summed E-state index contributed by atoms with van der Waals surface area (Å²) in [4.78, 5) is 40.1. The van der Waals surface area contributed by atoms with E-state index in [9.17, 15) is 14.4 Å². The SMILES string of the molecule is O=C(NCCCc1ccccc1)C(=O)c1cn(CC(=O)N2CCCCC2)c2ccccc12. The van der Waals surface area contributed by atoms with Gasteiger partial charge in [0.25, 0.3) is 11.7 Å². The van der Waals surface area contributed by atoms with Gasteiger partial charge >= 0.3 is 0 Å². The van der Waals surface area contributed by atoms with Crippen molar-refractivity contribution in [2.75, 3.05) is 19.6 Å². The molecule has 1 aromatic heterocycles. The van der Waals surface area contributed by atoms with Gasteiger partial charge in [0.1, 0.15) is 6.54 Å². The number of hydrogen-bond acceptors (Lipinski definition) is 3. The van der Waals surface area contributed by atoms with Gasteiger partial charge in [-0.25, -0.2) is 0 Å². The van der Waals surface area contributed by atoms with Crippen molar-refractivity contribution in [2.24, 2.45) is 0 Å². The highest BCUT2D eigenvalue weighted by atomic mass is 16.2. The van der Waals surface area contributed by atoms with Gasteiger partial charge in [0.05, 0.1) is 5.56 Å². The molecule has 1 N–H and O–H groups in total. The number of likely N-dealkylation sites (tertiary alicyclic amines) is 1. The highest BCUT2D eigenvalue weighted by Crippen LogP contribution is 2.22. The van der Waals surface area contributed by atoms with Crippen LogP contribution < -0.4 is 5.32 Å². The second kappa shape index (κ2) is 10.3. The predicted octanol–water partition coefficient (Wildman–Crippen LogP) is 3.59. The van der Waals surface area contributed by atoms with Crippen molar-refractivity contribution in [1.29, 1.82) is 0 Å². The van der Waals surface area contributed by atoms with Gasteiger partial charge in [-0.2, -0.15) is 0 Å². The van der Waals surface area contributed by atoms with Gasteiger partial charge in [0.15, 0.2) is 0 Å². The Kier molecular flexibility index (Phi) is 7.00. The van der Waals surface area contributed by atoms with Crippen LogP contribution in [0.2, 0.25) is 0 Å². The van der Waals surface area contributed by atoms with Gasteiger partial charge < -0.3 is 14.8 Å². The van der Waals surface area contributed by atoms with Crippen LogP contribution in [0.5, 0.6) is 0 Å². The summed E-state index contributed by atoms with van der Waals surface area (Å²) in [7, 11) is 0. The highest BCUT2D eigenvalue weighted by Gasteiger charge is 2.23. The minimum atomic E-state index is -0.608. The molecule has 1 aliphatic heterocycles. The van der Waals surface area contributed by atoms with Crippen LogP contribution in [0.3, 0.4) is 0 Å². The number of ketones is 1. The Morgan fingerprint density at radius 3 is 2.38 bits per heavy atom. The molecule has 0 saturated carbocycles. The number of fused-ring (bicyclic) bond motifs is 1. The zero-order chi connectivity index (χ0) is 22.3. The summed E-state index contributed by atoms with van der Waals surface area (Å²) in [6.45, 7) is 2.18. The van der Waals surface area contributed by atoms with E-state index >= 15 is 0 Å². The fourth-order valence-corrected chi connectivity index (χ4v) is 4.29. The van der Waals surface area contributed by atoms with Crippen molar-refractivity contribution in [1.82, 2.24) is 14.8 Å². The van der Waals surface area contributed by atoms with E-state index in [1.165, 1.54) is 5.56 Å². The first-order valence-corrected chi connectivity index (χ1v) is 11.4. The number of hydrogen-bond donors (Lipinski definition) is 1. The van der Waals surface area contributed by atoms with Crippen LogP contribution in [0.4, 0.5) is 0 Å². The Morgan fingerprint density at radius 1 is 0.875 bits per heavy atom. The van der Waals surface area contributed by atoms with E-state index in [2.05, 4.69) is 5.32 Å². The van der Waals surface area contributed by atoms with Crippen molar-refractivity contribution in [3.63, 3.8) is 0 Å². The Bertz CT molecular complexity index is 1100. The van der Waals surface area contributed by atoms with Gasteiger partial charge in [0.2, 0.25) is 5.91 Å². The average molecular weight is 432 g/mol. The zero-order valence-corrected chi connectivity index (χ0v) is 18.3. The smallest absolute Gasteiger partial charge is 0.292 e. The third kappa shape index (κ3) is 5.07. The van der Waals surface area contributed by atoms with Crippen LogP contribution in [-0.4, -0.2) is 46.7 Å². The third-order valence-electron chi connectivity index (χ3n) is 6.02. The number of Topliss-reactive ketones (excluding diaryl/α,β-unsaturated/α-hetero) is 1. The number of aryl methyl sites for hydroxylation is 1. The van der Waals surface area contributed by atoms with Crippen LogP contribution in [0.1, 0.15) is 41.6 Å². The minimum absolute atomic E-state index is 0.0508. The van der Waals surface area contributed by atoms with Crippen LogP contribution in [0.25, 0.3) is 10.9 Å². The molecular formula is C26H29N3O3. The van der Waals surface area contributed by atoms with E-state index in [0.29, 0.717) is 17.5 Å². The molecule has 166 valence electrons. The van der Waals surface area contributed by atoms with Crippen LogP contribution in [-0.2, 0) is 22.6 Å². The summed E-state index contributed by atoms with van der Waals surface area (Å²) in [6.07, 6.45) is 6.48. The van der Waals surface area contributed by atoms with E-state index < -0.39 is 11.7 Å². The topological polar surface area (TPSA) is 71.4 Å². The summed E-state index contributed by atoms with van der Waals surface area (Å²) in [6, 6.07) is 17.5. The van der Waals surface area contributed by atoms with Gasteiger partial charge in [0, 0.05) is 36.7 Å². The number of benzene rings is 2. The number of carbonyl (C=O) groups excluding carboxylic acids is 3. The van der Waals surface area contributed by atoms with E-state index in [4.69, 9.17) is 0 Å². The van der Waals surface area contributed by atoms with E-state index in [1.54, 1.807) is 10.8 Å². The number of carbonyl (C=O) groups is 3. The molecule has 1 saturated heterocycles. The van der Waals surface area contributed by atoms with Crippen molar-refractivity contribution < 1.29 is 14.4 Å². The molecule has 0 bridgehead atoms. The maximum absolute atomic E-state index is 12.9. The Balaban J connectivity index is 1.41. The summed E-state index contributed by atoms with van der Waals surface area (Å²) >= 11 is 0. The van der Waals surface area contributed by atoms with E-state index in [-0.39, 0.29) is 12.5 Å². The second-order valence-corrected chi connectivity index (χ2v) is 8.30. The number of nitrogens with zero attached hydrogens (tertiary/aromatic N) is 2. The van der Waals surface area contributed by atoms with E-state index in [1.807, 2.05) is 59.5 Å². The standard InChI is InChI=1S/C26H29N3O3/c30-24(28-16-7-2-8-17-28)19-29-18-22(21-13-5-6-14-23(21)29)25(31)26(32)27-15-9-12-20-10-3-1-4-11-20/h1,3-6,10-11,13-14,18H,2,7-9,12,15-17,19H2,(H,27,32). The van der Waals surface area contributed by atoms with Gasteiger partial charge in [-0.05, 0) is 43.7 Å². The lowest BCUT2D eigenvalue weighted by Gasteiger charge is -2.27. The normalized spacial score (nSPS) is 13.8. The summed E-state index contributed by atoms with van der Waals surface area (Å²) in [5, 5.41) is 3.44. The molecule has 2 aromatic carbocycles. The maximum Gasteiger partial charge on any atom is 0.292 e. The van der Waals surface area contributed by atoms with Crippen LogP contribution in [0, 0.1) is 0 Å². The number of amides is 2. The first kappa shape index (κ1) is 21.8. The van der Waals surface area contributed by atoms with Crippen molar-refractivity contribution in [2.45, 2.75) is 38.6 Å². The molecule has 2 heterocycles. The average Bonchev–Trinajstić information content (AvgIpc) is 3.20. The predicted molar refractivity (Wildman–Crippen MR) is 124 cm³/mol. The molecule has 2 amide bonds. The molecule has 32 heavy (non-hydrogen) atoms. The van der Waals surface area contributed by atoms with Crippen molar-refractivity contribution >= 4 is 28.5 Å². The monoisotopic (exact) mass is 431 g/mol. The molecule has 6 heteroatoms. The lowest BCUT2D eigenvalue weighted by Crippen LogP contribution is -2.37. The Hall–Kier alpha value is -3.41. The van der Waals surface area contributed by atoms with E-state index in [0.717, 1.165) is 50.7 Å². The largest absolute Gasteiger partial charge is 0.349 e.